The lowest BCUT2D eigenvalue weighted by atomic mass is 9.99. The Morgan fingerprint density at radius 3 is 2.81 bits per heavy atom. The Kier molecular flexibility index (Phi) is 2.35. The zero-order valence-corrected chi connectivity index (χ0v) is 8.29. The fraction of sp³-hybridized carbons (Fsp3) is 0.300. The van der Waals surface area contributed by atoms with E-state index < -0.39 is 22.9 Å². The third-order valence-corrected chi connectivity index (χ3v) is 2.80. The lowest BCUT2D eigenvalue weighted by Crippen LogP contribution is -2.28. The van der Waals surface area contributed by atoms with E-state index in [9.17, 15) is 20.0 Å². The second-order valence-corrected chi connectivity index (χ2v) is 3.79. The SMILES string of the molecule is NC(=O)[C@@H]1c2cc([N+](=O)[O-])ccc2C[C@H]1O. The number of amides is 1. The zero-order chi connectivity index (χ0) is 11.9. The Morgan fingerprint density at radius 2 is 2.25 bits per heavy atom. The fourth-order valence-corrected chi connectivity index (χ4v) is 2.06. The van der Waals surface area contributed by atoms with E-state index >= 15 is 0 Å². The Bertz CT molecular complexity index is 472. The standard InChI is InChI=1S/C10H10N2O4/c11-10(14)9-7-4-6(12(15)16)2-1-5(7)3-8(9)13/h1-2,4,8-9,13H,3H2,(H2,11,14)/t8-,9-/m1/s1. The van der Waals surface area contributed by atoms with Gasteiger partial charge in [-0.25, -0.2) is 0 Å². The molecule has 0 radical (unpaired) electrons. The molecule has 0 heterocycles. The predicted molar refractivity (Wildman–Crippen MR) is 54.7 cm³/mol. The van der Waals surface area contributed by atoms with Crippen LogP contribution < -0.4 is 5.73 Å². The van der Waals surface area contributed by atoms with Crippen molar-refractivity contribution in [2.45, 2.75) is 18.4 Å². The fourth-order valence-electron chi connectivity index (χ4n) is 2.06. The van der Waals surface area contributed by atoms with Crippen LogP contribution in [0.5, 0.6) is 0 Å². The van der Waals surface area contributed by atoms with E-state index in [1.165, 1.54) is 12.1 Å². The maximum atomic E-state index is 11.1. The number of primary amides is 1. The summed E-state index contributed by atoms with van der Waals surface area (Å²) in [5, 5.41) is 20.2. The molecule has 0 saturated carbocycles. The van der Waals surface area contributed by atoms with Gasteiger partial charge in [-0.3, -0.25) is 14.9 Å². The predicted octanol–water partition coefficient (Wildman–Crippen LogP) is 0.0807. The van der Waals surface area contributed by atoms with Crippen LogP contribution >= 0.6 is 0 Å². The lowest BCUT2D eigenvalue weighted by Gasteiger charge is -2.10. The summed E-state index contributed by atoms with van der Waals surface area (Å²) in [4.78, 5) is 21.2. The average Bonchev–Trinajstić information content (AvgIpc) is 2.51. The van der Waals surface area contributed by atoms with Gasteiger partial charge in [-0.15, -0.1) is 0 Å². The molecule has 0 saturated heterocycles. The number of aliphatic hydroxyl groups is 1. The Hall–Kier alpha value is -1.95. The molecule has 6 heteroatoms. The molecule has 1 aliphatic carbocycles. The van der Waals surface area contributed by atoms with Crippen molar-refractivity contribution in [1.82, 2.24) is 0 Å². The summed E-state index contributed by atoms with van der Waals surface area (Å²) in [5.41, 5.74) is 6.27. The molecular formula is C10H10N2O4. The van der Waals surface area contributed by atoms with Gasteiger partial charge < -0.3 is 10.8 Å². The number of nitro benzene ring substituents is 1. The Labute approximate surface area is 90.8 Å². The highest BCUT2D eigenvalue weighted by Crippen LogP contribution is 2.35. The first-order valence-electron chi connectivity index (χ1n) is 4.75. The molecule has 0 fully saturated rings. The first-order chi connectivity index (χ1) is 7.50. The van der Waals surface area contributed by atoms with Crippen molar-refractivity contribution in [2.75, 3.05) is 0 Å². The molecule has 0 aromatic heterocycles. The van der Waals surface area contributed by atoms with Crippen molar-refractivity contribution >= 4 is 11.6 Å². The van der Waals surface area contributed by atoms with Crippen molar-refractivity contribution in [1.29, 1.82) is 0 Å². The number of nitrogens with two attached hydrogens (primary N) is 1. The Morgan fingerprint density at radius 1 is 1.56 bits per heavy atom. The monoisotopic (exact) mass is 222 g/mol. The molecule has 3 N–H and O–H groups in total. The van der Waals surface area contributed by atoms with Crippen LogP contribution in [0, 0.1) is 10.1 Å². The quantitative estimate of drug-likeness (QED) is 0.545. The van der Waals surface area contributed by atoms with Gasteiger partial charge in [0.25, 0.3) is 5.69 Å². The minimum absolute atomic E-state index is 0.0981. The van der Waals surface area contributed by atoms with E-state index in [0.717, 1.165) is 5.56 Å². The normalized spacial score (nSPS) is 22.8. The van der Waals surface area contributed by atoms with Crippen molar-refractivity contribution in [3.05, 3.63) is 39.4 Å². The highest BCUT2D eigenvalue weighted by atomic mass is 16.6. The van der Waals surface area contributed by atoms with E-state index in [0.29, 0.717) is 12.0 Å². The van der Waals surface area contributed by atoms with Crippen LogP contribution in [0.2, 0.25) is 0 Å². The average molecular weight is 222 g/mol. The molecule has 1 aliphatic rings. The number of carbonyl (C=O) groups is 1. The number of carbonyl (C=O) groups excluding carboxylic acids is 1. The molecule has 2 atom stereocenters. The third-order valence-electron chi connectivity index (χ3n) is 2.80. The minimum atomic E-state index is -0.880. The minimum Gasteiger partial charge on any atom is -0.392 e. The highest BCUT2D eigenvalue weighted by molar-refractivity contribution is 5.84. The molecule has 1 aromatic rings. The topological polar surface area (TPSA) is 106 Å². The summed E-state index contributed by atoms with van der Waals surface area (Å²) >= 11 is 0. The van der Waals surface area contributed by atoms with Gasteiger partial charge in [0.05, 0.1) is 16.9 Å². The van der Waals surface area contributed by atoms with E-state index in [1.54, 1.807) is 6.07 Å². The maximum absolute atomic E-state index is 11.1. The van der Waals surface area contributed by atoms with E-state index in [2.05, 4.69) is 0 Å². The highest BCUT2D eigenvalue weighted by Gasteiger charge is 2.36. The van der Waals surface area contributed by atoms with E-state index in [4.69, 9.17) is 5.73 Å². The molecule has 1 amide bonds. The summed E-state index contributed by atoms with van der Waals surface area (Å²) < 4.78 is 0. The van der Waals surface area contributed by atoms with Crippen LogP contribution in [0.3, 0.4) is 0 Å². The van der Waals surface area contributed by atoms with E-state index in [1.807, 2.05) is 0 Å². The maximum Gasteiger partial charge on any atom is 0.269 e. The molecular weight excluding hydrogens is 212 g/mol. The van der Waals surface area contributed by atoms with Gasteiger partial charge in [0, 0.05) is 12.1 Å². The first-order valence-corrected chi connectivity index (χ1v) is 4.75. The van der Waals surface area contributed by atoms with Gasteiger partial charge in [-0.05, 0) is 17.5 Å². The van der Waals surface area contributed by atoms with Gasteiger partial charge in [-0.1, -0.05) is 6.07 Å². The summed E-state index contributed by atoms with van der Waals surface area (Å²) in [7, 11) is 0. The van der Waals surface area contributed by atoms with Gasteiger partial charge in [-0.2, -0.15) is 0 Å². The van der Waals surface area contributed by atoms with Crippen molar-refractivity contribution < 1.29 is 14.8 Å². The molecule has 1 aromatic carbocycles. The van der Waals surface area contributed by atoms with Crippen LogP contribution in [0.15, 0.2) is 18.2 Å². The second kappa shape index (κ2) is 3.57. The molecule has 2 rings (SSSR count). The second-order valence-electron chi connectivity index (χ2n) is 3.79. The molecule has 0 bridgehead atoms. The molecule has 16 heavy (non-hydrogen) atoms. The van der Waals surface area contributed by atoms with Crippen molar-refractivity contribution in [2.24, 2.45) is 5.73 Å². The summed E-state index contributed by atoms with van der Waals surface area (Å²) in [6.07, 6.45) is -0.574. The summed E-state index contributed by atoms with van der Waals surface area (Å²) in [6.45, 7) is 0. The van der Waals surface area contributed by atoms with Crippen molar-refractivity contribution in [3.63, 3.8) is 0 Å². The van der Waals surface area contributed by atoms with Gasteiger partial charge in [0.1, 0.15) is 0 Å². The van der Waals surface area contributed by atoms with Gasteiger partial charge in [0.15, 0.2) is 0 Å². The summed E-state index contributed by atoms with van der Waals surface area (Å²) in [5.74, 6) is -1.50. The number of aliphatic hydroxyl groups excluding tert-OH is 1. The largest absolute Gasteiger partial charge is 0.392 e. The molecule has 0 unspecified atom stereocenters. The van der Waals surface area contributed by atoms with Crippen LogP contribution in [-0.4, -0.2) is 22.0 Å². The number of non-ortho nitro benzene ring substituents is 1. The number of fused-ring (bicyclic) bond motifs is 1. The number of hydrogen-bond donors (Lipinski definition) is 2. The number of rotatable bonds is 2. The van der Waals surface area contributed by atoms with Crippen LogP contribution in [0.1, 0.15) is 17.0 Å². The van der Waals surface area contributed by atoms with Crippen molar-refractivity contribution in [3.8, 4) is 0 Å². The molecule has 84 valence electrons. The van der Waals surface area contributed by atoms with Crippen LogP contribution in [0.4, 0.5) is 5.69 Å². The first kappa shape index (κ1) is 10.6. The van der Waals surface area contributed by atoms with E-state index in [-0.39, 0.29) is 5.69 Å². The summed E-state index contributed by atoms with van der Waals surface area (Å²) in [6, 6.07) is 4.22. The molecule has 6 nitrogen and oxygen atoms in total. The number of nitrogens with zero attached hydrogens (tertiary/aromatic N) is 1. The molecule has 0 spiro atoms. The van der Waals surface area contributed by atoms with Crippen LogP contribution in [0.25, 0.3) is 0 Å². The van der Waals surface area contributed by atoms with Gasteiger partial charge in [0.2, 0.25) is 5.91 Å². The number of nitro groups is 1. The zero-order valence-electron chi connectivity index (χ0n) is 8.29. The smallest absolute Gasteiger partial charge is 0.269 e. The third kappa shape index (κ3) is 1.53. The number of benzene rings is 1. The lowest BCUT2D eigenvalue weighted by molar-refractivity contribution is -0.384. The van der Waals surface area contributed by atoms with Crippen LogP contribution in [-0.2, 0) is 11.2 Å². The molecule has 0 aliphatic heterocycles. The van der Waals surface area contributed by atoms with Gasteiger partial charge >= 0.3 is 0 Å². The number of hydrogen-bond acceptors (Lipinski definition) is 4. The Balaban J connectivity index is 2.50.